The van der Waals surface area contributed by atoms with Crippen LogP contribution in [-0.4, -0.2) is 0 Å². The summed E-state index contributed by atoms with van der Waals surface area (Å²) in [5.41, 5.74) is 1.25. The Morgan fingerprint density at radius 2 is 2.00 bits per heavy atom. The molecule has 0 spiro atoms. The molecule has 0 N–H and O–H groups in total. The van der Waals surface area contributed by atoms with Gasteiger partial charge in [0, 0.05) is 0 Å². The average Bonchev–Trinajstić information content (AvgIpc) is 2.12. The van der Waals surface area contributed by atoms with E-state index in [0.29, 0.717) is 10.8 Å². The molecule has 0 bridgehead atoms. The molecule has 0 aromatic rings. The first kappa shape index (κ1) is 11.1. The Morgan fingerprint density at radius 1 is 1.38 bits per heavy atom. The molecular weight excluding hydrogens is 156 g/mol. The van der Waals surface area contributed by atoms with E-state index in [4.69, 9.17) is 0 Å². The van der Waals surface area contributed by atoms with Crippen molar-refractivity contribution in [1.82, 2.24) is 0 Å². The molecule has 2 atom stereocenters. The lowest BCUT2D eigenvalue weighted by Gasteiger charge is -2.47. The van der Waals surface area contributed by atoms with Crippen molar-refractivity contribution >= 4 is 0 Å². The second-order valence-electron chi connectivity index (χ2n) is 6.11. The number of hydrogen-bond donors (Lipinski definition) is 0. The quantitative estimate of drug-likeness (QED) is 0.594. The second-order valence-corrected chi connectivity index (χ2v) is 6.11. The van der Waals surface area contributed by atoms with Crippen molar-refractivity contribution in [1.29, 1.82) is 0 Å². The first-order valence-electron chi connectivity index (χ1n) is 5.90. The van der Waals surface area contributed by atoms with Crippen molar-refractivity contribution in [2.24, 2.45) is 16.7 Å². The zero-order chi connectivity index (χ0) is 10.1. The molecule has 0 nitrogen and oxygen atoms in total. The Morgan fingerprint density at radius 3 is 2.31 bits per heavy atom. The molecule has 2 unspecified atom stereocenters. The summed E-state index contributed by atoms with van der Waals surface area (Å²) in [7, 11) is 0. The van der Waals surface area contributed by atoms with E-state index >= 15 is 0 Å². The summed E-state index contributed by atoms with van der Waals surface area (Å²) in [6, 6.07) is 0. The van der Waals surface area contributed by atoms with Gasteiger partial charge in [-0.15, -0.1) is 0 Å². The molecule has 0 aromatic heterocycles. The molecule has 0 amide bonds. The lowest BCUT2D eigenvalue weighted by Crippen LogP contribution is -2.36. The van der Waals surface area contributed by atoms with Gasteiger partial charge in [0.15, 0.2) is 0 Å². The summed E-state index contributed by atoms with van der Waals surface area (Å²) in [6.45, 7) is 12.0. The SMILES string of the molecule is CCC(C)(C)CCC1(C)CCC1C. The largest absolute Gasteiger partial charge is 0.0649 e. The molecular formula is C13H26. The molecule has 1 fully saturated rings. The van der Waals surface area contributed by atoms with Crippen LogP contribution < -0.4 is 0 Å². The summed E-state index contributed by atoms with van der Waals surface area (Å²) in [4.78, 5) is 0. The van der Waals surface area contributed by atoms with E-state index in [1.165, 1.54) is 32.1 Å². The smallest absolute Gasteiger partial charge is 0.0300 e. The molecule has 0 radical (unpaired) electrons. The van der Waals surface area contributed by atoms with E-state index in [1.54, 1.807) is 0 Å². The molecule has 13 heavy (non-hydrogen) atoms. The third-order valence-corrected chi connectivity index (χ3v) is 4.67. The van der Waals surface area contributed by atoms with E-state index in [9.17, 15) is 0 Å². The zero-order valence-corrected chi connectivity index (χ0v) is 10.1. The fraction of sp³-hybridized carbons (Fsp3) is 1.00. The fourth-order valence-electron chi connectivity index (χ4n) is 2.10. The summed E-state index contributed by atoms with van der Waals surface area (Å²) >= 11 is 0. The van der Waals surface area contributed by atoms with Crippen molar-refractivity contribution < 1.29 is 0 Å². The minimum absolute atomic E-state index is 0.568. The van der Waals surface area contributed by atoms with E-state index in [0.717, 1.165) is 5.92 Å². The maximum atomic E-state index is 2.48. The summed E-state index contributed by atoms with van der Waals surface area (Å²) in [5.74, 6) is 0.972. The predicted molar refractivity (Wildman–Crippen MR) is 59.8 cm³/mol. The highest BCUT2D eigenvalue weighted by molar-refractivity contribution is 4.90. The van der Waals surface area contributed by atoms with E-state index in [2.05, 4.69) is 34.6 Å². The van der Waals surface area contributed by atoms with Gasteiger partial charge in [-0.3, -0.25) is 0 Å². The van der Waals surface area contributed by atoms with Gasteiger partial charge in [0.05, 0.1) is 0 Å². The minimum atomic E-state index is 0.568. The molecule has 1 rings (SSSR count). The van der Waals surface area contributed by atoms with Crippen LogP contribution in [0.2, 0.25) is 0 Å². The maximum Gasteiger partial charge on any atom is -0.0300 e. The van der Waals surface area contributed by atoms with Gasteiger partial charge >= 0.3 is 0 Å². The average molecular weight is 182 g/mol. The van der Waals surface area contributed by atoms with Crippen molar-refractivity contribution in [2.45, 2.75) is 66.7 Å². The Bertz CT molecular complexity index is 169. The van der Waals surface area contributed by atoms with Crippen LogP contribution in [0, 0.1) is 16.7 Å². The molecule has 0 aliphatic heterocycles. The molecule has 0 aromatic carbocycles. The lowest BCUT2D eigenvalue weighted by molar-refractivity contribution is 0.0400. The third-order valence-electron chi connectivity index (χ3n) is 4.67. The first-order chi connectivity index (χ1) is 5.90. The Kier molecular flexibility index (Phi) is 3.09. The van der Waals surface area contributed by atoms with Crippen LogP contribution in [0.5, 0.6) is 0 Å². The predicted octanol–water partition coefficient (Wildman–Crippen LogP) is 4.64. The van der Waals surface area contributed by atoms with E-state index < -0.39 is 0 Å². The summed E-state index contributed by atoms with van der Waals surface area (Å²) < 4.78 is 0. The van der Waals surface area contributed by atoms with Crippen LogP contribution in [0.3, 0.4) is 0 Å². The molecule has 78 valence electrons. The van der Waals surface area contributed by atoms with Gasteiger partial charge in [-0.25, -0.2) is 0 Å². The highest BCUT2D eigenvalue weighted by atomic mass is 14.4. The normalized spacial score (nSPS) is 34.4. The second kappa shape index (κ2) is 3.63. The van der Waals surface area contributed by atoms with Crippen LogP contribution >= 0.6 is 0 Å². The molecule has 0 heteroatoms. The zero-order valence-electron chi connectivity index (χ0n) is 10.1. The van der Waals surface area contributed by atoms with E-state index in [1.807, 2.05) is 0 Å². The molecule has 0 heterocycles. The van der Waals surface area contributed by atoms with Gasteiger partial charge in [-0.05, 0) is 42.4 Å². The summed E-state index contributed by atoms with van der Waals surface area (Å²) in [5, 5.41) is 0. The van der Waals surface area contributed by atoms with Crippen LogP contribution in [0.4, 0.5) is 0 Å². The van der Waals surface area contributed by atoms with Crippen molar-refractivity contribution in [3.05, 3.63) is 0 Å². The Balaban J connectivity index is 2.34. The van der Waals surface area contributed by atoms with Gasteiger partial charge in [-0.1, -0.05) is 41.0 Å². The van der Waals surface area contributed by atoms with Gasteiger partial charge < -0.3 is 0 Å². The highest BCUT2D eigenvalue weighted by Gasteiger charge is 2.39. The van der Waals surface area contributed by atoms with Crippen LogP contribution in [0.1, 0.15) is 66.7 Å². The molecule has 1 aliphatic carbocycles. The topological polar surface area (TPSA) is 0 Å². The highest BCUT2D eigenvalue weighted by Crippen LogP contribution is 2.50. The van der Waals surface area contributed by atoms with Crippen LogP contribution in [0.25, 0.3) is 0 Å². The first-order valence-corrected chi connectivity index (χ1v) is 5.90. The van der Waals surface area contributed by atoms with Gasteiger partial charge in [0.25, 0.3) is 0 Å². The Labute approximate surface area is 84.1 Å². The lowest BCUT2D eigenvalue weighted by atomic mass is 9.59. The number of rotatable bonds is 4. The molecule has 1 saturated carbocycles. The van der Waals surface area contributed by atoms with Crippen LogP contribution in [-0.2, 0) is 0 Å². The van der Waals surface area contributed by atoms with Gasteiger partial charge in [-0.2, -0.15) is 0 Å². The van der Waals surface area contributed by atoms with Crippen molar-refractivity contribution in [3.63, 3.8) is 0 Å². The van der Waals surface area contributed by atoms with Gasteiger partial charge in [0.1, 0.15) is 0 Å². The molecule has 0 saturated heterocycles. The monoisotopic (exact) mass is 182 g/mol. The van der Waals surface area contributed by atoms with Crippen molar-refractivity contribution in [3.8, 4) is 0 Å². The standard InChI is InChI=1S/C13H26/c1-6-12(3,4)9-10-13(5)8-7-11(13)2/h11H,6-10H2,1-5H3. The molecule has 1 aliphatic rings. The Hall–Kier alpha value is 0. The number of hydrogen-bond acceptors (Lipinski definition) is 0. The van der Waals surface area contributed by atoms with E-state index in [-0.39, 0.29) is 0 Å². The minimum Gasteiger partial charge on any atom is -0.0649 e. The van der Waals surface area contributed by atoms with Crippen molar-refractivity contribution in [2.75, 3.05) is 0 Å². The summed E-state index contributed by atoms with van der Waals surface area (Å²) in [6.07, 6.45) is 7.09. The van der Waals surface area contributed by atoms with Crippen LogP contribution in [0.15, 0.2) is 0 Å². The maximum absolute atomic E-state index is 2.48. The fourth-order valence-corrected chi connectivity index (χ4v) is 2.10. The third kappa shape index (κ3) is 2.48. The van der Waals surface area contributed by atoms with Gasteiger partial charge in [0.2, 0.25) is 0 Å².